The number of carbonyl (C=O) groups excluding carboxylic acids is 1. The van der Waals surface area contributed by atoms with Gasteiger partial charge in [-0.3, -0.25) is 9.10 Å². The highest BCUT2D eigenvalue weighted by molar-refractivity contribution is 7.92. The average molecular weight is 585 g/mol. The van der Waals surface area contributed by atoms with E-state index in [0.717, 1.165) is 15.8 Å². The van der Waals surface area contributed by atoms with E-state index < -0.39 is 15.9 Å². The second-order valence-electron chi connectivity index (χ2n) is 9.13. The van der Waals surface area contributed by atoms with Crippen molar-refractivity contribution in [2.24, 2.45) is 5.10 Å². The van der Waals surface area contributed by atoms with Gasteiger partial charge in [-0.25, -0.2) is 13.4 Å². The summed E-state index contributed by atoms with van der Waals surface area (Å²) in [6.07, 6.45) is 1.60. The van der Waals surface area contributed by atoms with Crippen LogP contribution in [0.3, 0.4) is 0 Å². The molecule has 208 valence electrons. The van der Waals surface area contributed by atoms with Gasteiger partial charge in [-0.05, 0) is 74.0 Å². The molecular formula is C31H28N4O4S2. The van der Waals surface area contributed by atoms with E-state index in [9.17, 15) is 13.2 Å². The fourth-order valence-electron chi connectivity index (χ4n) is 4.18. The number of ether oxygens (including phenoxy) is 1. The number of hydrazone groups is 1. The second-order valence-corrected chi connectivity index (χ2v) is 12.0. The maximum Gasteiger partial charge on any atom is 0.280 e. The zero-order chi connectivity index (χ0) is 29.0. The summed E-state index contributed by atoms with van der Waals surface area (Å²) >= 11 is 1.31. The minimum atomic E-state index is -3.84. The SMILES string of the molecule is CCN(c1ccccc1)S(=O)(=O)c1ccc(C(=O)N(/N=C/c2ccc(C)cc2)c2nc3ccc(OC)cc3s2)cc1. The van der Waals surface area contributed by atoms with Crippen LogP contribution in [0.2, 0.25) is 0 Å². The van der Waals surface area contributed by atoms with Gasteiger partial charge in [0.1, 0.15) is 5.75 Å². The minimum Gasteiger partial charge on any atom is -0.497 e. The minimum absolute atomic E-state index is 0.0848. The van der Waals surface area contributed by atoms with Crippen LogP contribution < -0.4 is 14.1 Å². The number of nitrogens with zero attached hydrogens (tertiary/aromatic N) is 4. The van der Waals surface area contributed by atoms with Crippen molar-refractivity contribution >= 4 is 54.5 Å². The van der Waals surface area contributed by atoms with Crippen LogP contribution in [-0.2, 0) is 10.0 Å². The van der Waals surface area contributed by atoms with Gasteiger partial charge in [-0.2, -0.15) is 10.1 Å². The molecule has 1 amide bonds. The van der Waals surface area contributed by atoms with Gasteiger partial charge in [-0.15, -0.1) is 0 Å². The first-order chi connectivity index (χ1) is 19.8. The number of amides is 1. The van der Waals surface area contributed by atoms with Crippen molar-refractivity contribution in [3.63, 3.8) is 0 Å². The first-order valence-electron chi connectivity index (χ1n) is 12.9. The van der Waals surface area contributed by atoms with Crippen LogP contribution in [0.1, 0.15) is 28.4 Å². The molecule has 0 bridgehead atoms. The van der Waals surface area contributed by atoms with Crippen molar-refractivity contribution in [2.75, 3.05) is 23.0 Å². The van der Waals surface area contributed by atoms with Crippen molar-refractivity contribution in [3.05, 3.63) is 114 Å². The zero-order valence-corrected chi connectivity index (χ0v) is 24.4. The van der Waals surface area contributed by atoms with Gasteiger partial charge in [0.2, 0.25) is 5.13 Å². The maximum absolute atomic E-state index is 13.8. The number of carbonyl (C=O) groups is 1. The third-order valence-electron chi connectivity index (χ3n) is 6.38. The number of aromatic nitrogens is 1. The van der Waals surface area contributed by atoms with Gasteiger partial charge >= 0.3 is 0 Å². The van der Waals surface area contributed by atoms with Gasteiger partial charge in [-0.1, -0.05) is 59.4 Å². The van der Waals surface area contributed by atoms with Crippen LogP contribution >= 0.6 is 11.3 Å². The molecule has 0 fully saturated rings. The lowest BCUT2D eigenvalue weighted by molar-refractivity contribution is 0.0987. The quantitative estimate of drug-likeness (QED) is 0.146. The van der Waals surface area contributed by atoms with E-state index in [2.05, 4.69) is 10.1 Å². The summed E-state index contributed by atoms with van der Waals surface area (Å²) in [6, 6.07) is 28.0. The lowest BCUT2D eigenvalue weighted by Gasteiger charge is -2.23. The van der Waals surface area contributed by atoms with E-state index in [1.807, 2.05) is 55.5 Å². The maximum atomic E-state index is 13.8. The molecule has 0 spiro atoms. The second kappa shape index (κ2) is 11.9. The first kappa shape index (κ1) is 28.0. The molecule has 1 heterocycles. The summed E-state index contributed by atoms with van der Waals surface area (Å²) in [7, 11) is -2.24. The molecule has 0 aliphatic rings. The number of para-hydroxylation sites is 1. The fraction of sp³-hybridized carbons (Fsp3) is 0.129. The van der Waals surface area contributed by atoms with Crippen molar-refractivity contribution in [1.82, 2.24) is 4.98 Å². The molecule has 5 rings (SSSR count). The number of fused-ring (bicyclic) bond motifs is 1. The van der Waals surface area contributed by atoms with Crippen LogP contribution in [0.15, 0.2) is 107 Å². The zero-order valence-electron chi connectivity index (χ0n) is 22.8. The van der Waals surface area contributed by atoms with Gasteiger partial charge < -0.3 is 4.74 Å². The summed E-state index contributed by atoms with van der Waals surface area (Å²) in [5.41, 5.74) is 3.47. The van der Waals surface area contributed by atoms with E-state index in [-0.39, 0.29) is 17.0 Å². The van der Waals surface area contributed by atoms with Crippen LogP contribution in [-0.4, -0.2) is 39.2 Å². The Morgan fingerprint density at radius 1 is 0.976 bits per heavy atom. The highest BCUT2D eigenvalue weighted by Gasteiger charge is 2.25. The van der Waals surface area contributed by atoms with Gasteiger partial charge in [0.25, 0.3) is 15.9 Å². The summed E-state index contributed by atoms with van der Waals surface area (Å²) in [5.74, 6) is 0.237. The predicted molar refractivity (Wildman–Crippen MR) is 165 cm³/mol. The molecule has 5 aromatic rings. The molecule has 8 nitrogen and oxygen atoms in total. The normalized spacial score (nSPS) is 11.6. The van der Waals surface area contributed by atoms with Gasteiger partial charge in [0.05, 0.1) is 34.1 Å². The van der Waals surface area contributed by atoms with Crippen LogP contribution in [0.5, 0.6) is 5.75 Å². The Kier molecular flexibility index (Phi) is 8.14. The molecule has 41 heavy (non-hydrogen) atoms. The number of hydrogen-bond acceptors (Lipinski definition) is 7. The molecule has 0 aliphatic heterocycles. The standard InChI is InChI=1S/C31H28N4O4S2/c1-4-34(25-8-6-5-7-9-25)41(37,38)27-17-14-24(15-18-27)30(36)35(32-21-23-12-10-22(2)11-13-23)31-33-28-19-16-26(39-3)20-29(28)40-31/h5-21H,4H2,1-3H3/b32-21+. The largest absolute Gasteiger partial charge is 0.497 e. The summed E-state index contributed by atoms with van der Waals surface area (Å²) in [6.45, 7) is 4.03. The Labute approximate surface area is 243 Å². The number of hydrogen-bond donors (Lipinski definition) is 0. The molecule has 0 saturated heterocycles. The van der Waals surface area contributed by atoms with E-state index in [1.165, 1.54) is 44.9 Å². The van der Waals surface area contributed by atoms with E-state index in [0.29, 0.717) is 22.1 Å². The van der Waals surface area contributed by atoms with Crippen LogP contribution in [0.4, 0.5) is 10.8 Å². The number of aryl methyl sites for hydroxylation is 1. The number of thiazole rings is 1. The molecular weight excluding hydrogens is 556 g/mol. The van der Waals surface area contributed by atoms with Gasteiger partial charge in [0.15, 0.2) is 0 Å². The first-order valence-corrected chi connectivity index (χ1v) is 15.1. The molecule has 0 unspecified atom stereocenters. The number of rotatable bonds is 9. The summed E-state index contributed by atoms with van der Waals surface area (Å²) in [4.78, 5) is 18.5. The monoisotopic (exact) mass is 584 g/mol. The van der Waals surface area contributed by atoms with Crippen LogP contribution in [0.25, 0.3) is 10.2 Å². The lowest BCUT2D eigenvalue weighted by atomic mass is 10.2. The van der Waals surface area contributed by atoms with Gasteiger partial charge in [0, 0.05) is 12.1 Å². The molecule has 1 aromatic heterocycles. The van der Waals surface area contributed by atoms with Crippen molar-refractivity contribution in [2.45, 2.75) is 18.7 Å². The predicted octanol–water partition coefficient (Wildman–Crippen LogP) is 6.51. The molecule has 4 aromatic carbocycles. The number of sulfonamides is 1. The molecule has 0 saturated carbocycles. The molecule has 0 atom stereocenters. The Balaban J connectivity index is 1.49. The third kappa shape index (κ3) is 5.98. The Hall–Kier alpha value is -4.54. The average Bonchev–Trinajstić information content (AvgIpc) is 3.42. The van der Waals surface area contributed by atoms with Crippen LogP contribution in [0, 0.1) is 6.92 Å². The Bertz CT molecular complexity index is 1800. The number of anilines is 2. The Morgan fingerprint density at radius 3 is 2.34 bits per heavy atom. The summed E-state index contributed by atoms with van der Waals surface area (Å²) < 4.78 is 34.3. The van der Waals surface area contributed by atoms with E-state index in [4.69, 9.17) is 4.74 Å². The smallest absolute Gasteiger partial charge is 0.280 e. The van der Waals surface area contributed by atoms with Crippen molar-refractivity contribution in [1.29, 1.82) is 0 Å². The Morgan fingerprint density at radius 2 is 1.68 bits per heavy atom. The molecule has 0 radical (unpaired) electrons. The van der Waals surface area contributed by atoms with Crippen molar-refractivity contribution in [3.8, 4) is 5.75 Å². The molecule has 0 aliphatic carbocycles. The highest BCUT2D eigenvalue weighted by atomic mass is 32.2. The lowest BCUT2D eigenvalue weighted by Crippen LogP contribution is -2.31. The molecule has 10 heteroatoms. The number of methoxy groups -OCH3 is 1. The fourth-order valence-corrected chi connectivity index (χ4v) is 6.60. The third-order valence-corrected chi connectivity index (χ3v) is 9.29. The number of benzene rings is 4. The van der Waals surface area contributed by atoms with E-state index in [1.54, 1.807) is 44.5 Å². The van der Waals surface area contributed by atoms with Crippen molar-refractivity contribution < 1.29 is 17.9 Å². The highest BCUT2D eigenvalue weighted by Crippen LogP contribution is 2.33. The topological polar surface area (TPSA) is 92.2 Å². The summed E-state index contributed by atoms with van der Waals surface area (Å²) in [5, 5.41) is 6.12. The molecule has 0 N–H and O–H groups in total. The van der Waals surface area contributed by atoms with E-state index >= 15 is 0 Å².